The Morgan fingerprint density at radius 1 is 1.35 bits per heavy atom. The van der Waals surface area contributed by atoms with Crippen molar-refractivity contribution >= 4 is 11.5 Å². The molecule has 4 N–H and O–H groups in total. The molecule has 0 fully saturated rings. The van der Waals surface area contributed by atoms with Crippen molar-refractivity contribution in [2.24, 2.45) is 10.7 Å². The summed E-state index contributed by atoms with van der Waals surface area (Å²) in [5.74, 6) is 0.895. The van der Waals surface area contributed by atoms with Crippen molar-refractivity contribution in [3.8, 4) is 0 Å². The fourth-order valence-electron chi connectivity index (χ4n) is 1.77. The lowest BCUT2D eigenvalue weighted by Crippen LogP contribution is -2.41. The van der Waals surface area contributed by atoms with Crippen LogP contribution in [0.5, 0.6) is 0 Å². The number of amidine groups is 1. The van der Waals surface area contributed by atoms with Gasteiger partial charge < -0.3 is 16.4 Å². The summed E-state index contributed by atoms with van der Waals surface area (Å²) in [6.45, 7) is 5.17. The van der Waals surface area contributed by atoms with Gasteiger partial charge in [-0.15, -0.1) is 0 Å². The van der Waals surface area contributed by atoms with Crippen molar-refractivity contribution in [2.45, 2.75) is 32.5 Å². The summed E-state index contributed by atoms with van der Waals surface area (Å²) in [6.07, 6.45) is 1.06. The monoisotopic (exact) mass is 232 g/mol. The fourth-order valence-corrected chi connectivity index (χ4v) is 1.77. The zero-order valence-electron chi connectivity index (χ0n) is 10.4. The van der Waals surface area contributed by atoms with Crippen LogP contribution in [-0.4, -0.2) is 24.6 Å². The van der Waals surface area contributed by atoms with Crippen LogP contribution in [0.25, 0.3) is 0 Å². The van der Waals surface area contributed by atoms with Gasteiger partial charge in [0.15, 0.2) is 0 Å². The van der Waals surface area contributed by atoms with E-state index in [9.17, 15) is 0 Å². The number of benzene rings is 1. The van der Waals surface area contributed by atoms with Gasteiger partial charge in [0.25, 0.3) is 0 Å². The van der Waals surface area contributed by atoms with Gasteiger partial charge in [-0.05, 0) is 37.6 Å². The third-order valence-corrected chi connectivity index (χ3v) is 2.89. The Labute approximate surface area is 102 Å². The summed E-state index contributed by atoms with van der Waals surface area (Å²) >= 11 is 0. The second kappa shape index (κ2) is 5.19. The second-order valence-corrected chi connectivity index (χ2v) is 4.39. The van der Waals surface area contributed by atoms with Crippen LogP contribution >= 0.6 is 0 Å². The molecule has 2 atom stereocenters. The number of anilines is 1. The number of hydrogen-bond acceptors (Lipinski definition) is 4. The average Bonchev–Trinajstić information content (AvgIpc) is 2.68. The zero-order valence-corrected chi connectivity index (χ0v) is 10.4. The lowest BCUT2D eigenvalue weighted by atomic mass is 10.2. The van der Waals surface area contributed by atoms with Gasteiger partial charge in [0.1, 0.15) is 5.84 Å². The van der Waals surface area contributed by atoms with Crippen molar-refractivity contribution in [1.82, 2.24) is 5.32 Å². The molecule has 2 unspecified atom stereocenters. The summed E-state index contributed by atoms with van der Waals surface area (Å²) in [7, 11) is 0. The Kier molecular flexibility index (Phi) is 3.64. The predicted octanol–water partition coefficient (Wildman–Crippen LogP) is 1.53. The van der Waals surface area contributed by atoms with E-state index in [1.165, 1.54) is 0 Å². The molecule has 0 saturated carbocycles. The third kappa shape index (κ3) is 2.77. The molecule has 0 aromatic heterocycles. The fraction of sp³-hybridized carbons (Fsp3) is 0.462. The van der Waals surface area contributed by atoms with E-state index in [1.54, 1.807) is 0 Å². The van der Waals surface area contributed by atoms with Crippen LogP contribution in [0.3, 0.4) is 0 Å². The molecule has 17 heavy (non-hydrogen) atoms. The van der Waals surface area contributed by atoms with Crippen LogP contribution in [0, 0.1) is 0 Å². The van der Waals surface area contributed by atoms with E-state index in [2.05, 4.69) is 46.8 Å². The van der Waals surface area contributed by atoms with Crippen molar-refractivity contribution in [2.75, 3.05) is 11.9 Å². The normalized spacial score (nSPS) is 23.1. The molecule has 2 rings (SSSR count). The minimum atomic E-state index is -0.0668. The Morgan fingerprint density at radius 2 is 2.06 bits per heavy atom. The Morgan fingerprint density at radius 3 is 2.59 bits per heavy atom. The zero-order chi connectivity index (χ0) is 12.3. The molecule has 0 amide bonds. The summed E-state index contributed by atoms with van der Waals surface area (Å²) in [5, 5.41) is 6.53. The molecule has 0 aliphatic carbocycles. The number of nitrogens with one attached hydrogen (secondary N) is 2. The van der Waals surface area contributed by atoms with Gasteiger partial charge in [0, 0.05) is 17.8 Å². The van der Waals surface area contributed by atoms with E-state index in [0.29, 0.717) is 0 Å². The molecule has 0 saturated heterocycles. The van der Waals surface area contributed by atoms with E-state index >= 15 is 0 Å². The van der Waals surface area contributed by atoms with E-state index in [1.807, 2.05) is 6.92 Å². The second-order valence-electron chi connectivity index (χ2n) is 4.39. The van der Waals surface area contributed by atoms with Crippen LogP contribution in [-0.2, 0) is 0 Å². The van der Waals surface area contributed by atoms with Gasteiger partial charge in [-0.25, -0.2) is 0 Å². The van der Waals surface area contributed by atoms with Gasteiger partial charge in [-0.2, -0.15) is 0 Å². The van der Waals surface area contributed by atoms with Crippen LogP contribution in [0.1, 0.15) is 25.8 Å². The molecule has 1 aliphatic rings. The van der Waals surface area contributed by atoms with Crippen LogP contribution in [0.4, 0.5) is 5.69 Å². The average molecular weight is 232 g/mol. The molecular formula is C13H20N4. The van der Waals surface area contributed by atoms with Gasteiger partial charge in [-0.1, -0.05) is 6.92 Å². The smallest absolute Gasteiger partial charge is 0.129 e. The first-order valence-electron chi connectivity index (χ1n) is 6.15. The molecule has 1 aromatic carbocycles. The van der Waals surface area contributed by atoms with Gasteiger partial charge in [-0.3, -0.25) is 4.99 Å². The molecule has 0 radical (unpaired) electrons. The minimum Gasteiger partial charge on any atom is -0.385 e. The highest BCUT2D eigenvalue weighted by molar-refractivity contribution is 6.00. The van der Waals surface area contributed by atoms with Gasteiger partial charge >= 0.3 is 0 Å². The Hall–Kier alpha value is -1.55. The highest BCUT2D eigenvalue weighted by Gasteiger charge is 2.21. The molecule has 1 heterocycles. The van der Waals surface area contributed by atoms with Crippen LogP contribution in [0.2, 0.25) is 0 Å². The van der Waals surface area contributed by atoms with E-state index in [4.69, 9.17) is 5.73 Å². The Balaban J connectivity index is 2.06. The third-order valence-electron chi connectivity index (χ3n) is 2.89. The summed E-state index contributed by atoms with van der Waals surface area (Å²) < 4.78 is 0. The molecule has 92 valence electrons. The topological polar surface area (TPSA) is 62.4 Å². The molecule has 0 bridgehead atoms. The lowest BCUT2D eigenvalue weighted by molar-refractivity contribution is 0.576. The van der Waals surface area contributed by atoms with Gasteiger partial charge in [0.2, 0.25) is 0 Å². The Bertz CT molecular complexity index is 396. The van der Waals surface area contributed by atoms with E-state index < -0.39 is 0 Å². The van der Waals surface area contributed by atoms with Crippen molar-refractivity contribution < 1.29 is 0 Å². The SMILES string of the molecule is CCCNc1ccc(C2=NC(C)C(N)N2)cc1. The standard InChI is InChI=1S/C13H20N4/c1-3-8-15-11-6-4-10(5-7-11)13-16-9(2)12(14)17-13/h4-7,9,12,15H,3,8,14H2,1-2H3,(H,16,17). The summed E-state index contributed by atoms with van der Waals surface area (Å²) in [4.78, 5) is 4.49. The number of rotatable bonds is 4. The summed E-state index contributed by atoms with van der Waals surface area (Å²) in [6, 6.07) is 8.42. The molecule has 1 aliphatic heterocycles. The number of hydrogen-bond donors (Lipinski definition) is 3. The largest absolute Gasteiger partial charge is 0.385 e. The highest BCUT2D eigenvalue weighted by atomic mass is 15.2. The molecule has 1 aromatic rings. The number of aliphatic imine (C=N–C) groups is 1. The van der Waals surface area contributed by atoms with Crippen molar-refractivity contribution in [1.29, 1.82) is 0 Å². The van der Waals surface area contributed by atoms with Crippen molar-refractivity contribution in [3.05, 3.63) is 29.8 Å². The number of nitrogens with two attached hydrogens (primary N) is 1. The van der Waals surface area contributed by atoms with Crippen LogP contribution < -0.4 is 16.4 Å². The van der Waals surface area contributed by atoms with E-state index in [-0.39, 0.29) is 12.2 Å². The van der Waals surface area contributed by atoms with E-state index in [0.717, 1.165) is 30.1 Å². The first kappa shape index (κ1) is 11.9. The first-order chi connectivity index (χ1) is 8.20. The number of nitrogens with zero attached hydrogens (tertiary/aromatic N) is 1. The maximum atomic E-state index is 5.86. The van der Waals surface area contributed by atoms with Crippen molar-refractivity contribution in [3.63, 3.8) is 0 Å². The quantitative estimate of drug-likeness (QED) is 0.737. The maximum Gasteiger partial charge on any atom is 0.129 e. The van der Waals surface area contributed by atoms with Gasteiger partial charge in [0.05, 0.1) is 12.2 Å². The highest BCUT2D eigenvalue weighted by Crippen LogP contribution is 2.13. The maximum absolute atomic E-state index is 5.86. The summed E-state index contributed by atoms with van der Waals surface area (Å²) in [5.41, 5.74) is 8.10. The molecule has 0 spiro atoms. The lowest BCUT2D eigenvalue weighted by Gasteiger charge is -2.09. The molecule has 4 nitrogen and oxygen atoms in total. The molecular weight excluding hydrogens is 212 g/mol. The minimum absolute atomic E-state index is 0.0668. The van der Waals surface area contributed by atoms with Crippen LogP contribution in [0.15, 0.2) is 29.3 Å². The molecule has 4 heteroatoms. The predicted molar refractivity (Wildman–Crippen MR) is 72.3 cm³/mol. The first-order valence-corrected chi connectivity index (χ1v) is 6.15.